The first-order valence-electron chi connectivity index (χ1n) is 10.0. The zero-order valence-corrected chi connectivity index (χ0v) is 16.2. The minimum absolute atomic E-state index is 0.0237. The summed E-state index contributed by atoms with van der Waals surface area (Å²) in [6, 6.07) is 8.30. The van der Waals surface area contributed by atoms with Gasteiger partial charge in [-0.05, 0) is 49.8 Å². The van der Waals surface area contributed by atoms with Gasteiger partial charge < -0.3 is 19.5 Å². The number of pyridine rings is 1. The lowest BCUT2D eigenvalue weighted by molar-refractivity contribution is 0.139. The Morgan fingerprint density at radius 3 is 2.74 bits per heavy atom. The molecule has 0 spiro atoms. The fourth-order valence-corrected chi connectivity index (χ4v) is 3.71. The third-order valence-electron chi connectivity index (χ3n) is 5.13. The normalized spacial score (nSPS) is 14.8. The molecule has 0 unspecified atom stereocenters. The maximum Gasteiger partial charge on any atom is 0.255 e. The summed E-state index contributed by atoms with van der Waals surface area (Å²) in [5, 5.41) is 4.02. The molecule has 0 atom stereocenters. The van der Waals surface area contributed by atoms with Crippen LogP contribution in [0.2, 0.25) is 0 Å². The summed E-state index contributed by atoms with van der Waals surface area (Å²) in [6.45, 7) is 5.93. The van der Waals surface area contributed by atoms with Gasteiger partial charge in [0.05, 0.1) is 12.1 Å². The Kier molecular flexibility index (Phi) is 7.24. The second-order valence-corrected chi connectivity index (χ2v) is 6.98. The van der Waals surface area contributed by atoms with Crippen molar-refractivity contribution in [1.29, 1.82) is 0 Å². The summed E-state index contributed by atoms with van der Waals surface area (Å²) >= 11 is 0. The number of hydrogen-bond acceptors (Lipinski definition) is 4. The molecule has 27 heavy (non-hydrogen) atoms. The van der Waals surface area contributed by atoms with E-state index in [0.29, 0.717) is 31.9 Å². The van der Waals surface area contributed by atoms with Crippen molar-refractivity contribution >= 4 is 16.6 Å². The summed E-state index contributed by atoms with van der Waals surface area (Å²) in [5.41, 5.74) is 2.76. The molecular formula is C21H30FN3O2. The number of benzene rings is 1. The van der Waals surface area contributed by atoms with Crippen LogP contribution in [0.1, 0.15) is 31.7 Å². The average Bonchev–Trinajstić information content (AvgIpc) is 2.71. The summed E-state index contributed by atoms with van der Waals surface area (Å²) in [4.78, 5) is 15.4. The van der Waals surface area contributed by atoms with Gasteiger partial charge in [-0.15, -0.1) is 0 Å². The van der Waals surface area contributed by atoms with E-state index in [9.17, 15) is 9.18 Å². The van der Waals surface area contributed by atoms with Gasteiger partial charge in [-0.3, -0.25) is 4.79 Å². The summed E-state index contributed by atoms with van der Waals surface area (Å²) < 4.78 is 19.7. The Labute approximate surface area is 160 Å². The average molecular weight is 375 g/mol. The second kappa shape index (κ2) is 9.85. The van der Waals surface area contributed by atoms with Crippen LogP contribution in [0, 0.1) is 0 Å². The van der Waals surface area contributed by atoms with Crippen LogP contribution in [0.25, 0.3) is 10.9 Å². The Hall–Kier alpha value is -1.92. The van der Waals surface area contributed by atoms with E-state index in [1.54, 1.807) is 0 Å². The van der Waals surface area contributed by atoms with Crippen LogP contribution < -0.4 is 15.8 Å². The van der Waals surface area contributed by atoms with Crippen LogP contribution >= 0.6 is 0 Å². The topological polar surface area (TPSA) is 46.5 Å². The van der Waals surface area contributed by atoms with E-state index in [4.69, 9.17) is 4.74 Å². The number of anilines is 1. The van der Waals surface area contributed by atoms with Gasteiger partial charge in [0.2, 0.25) is 0 Å². The number of piperidine rings is 1. The van der Waals surface area contributed by atoms with Crippen LogP contribution in [0.4, 0.5) is 10.1 Å². The number of alkyl halides is 1. The number of rotatable bonds is 9. The van der Waals surface area contributed by atoms with Crippen molar-refractivity contribution in [2.45, 2.75) is 39.3 Å². The monoisotopic (exact) mass is 375 g/mol. The molecule has 1 N–H and O–H groups in total. The van der Waals surface area contributed by atoms with Crippen LogP contribution in [0.5, 0.6) is 0 Å². The highest BCUT2D eigenvalue weighted by molar-refractivity contribution is 5.83. The van der Waals surface area contributed by atoms with Crippen LogP contribution in [-0.2, 0) is 17.8 Å². The zero-order chi connectivity index (χ0) is 19.1. The van der Waals surface area contributed by atoms with Gasteiger partial charge in [-0.1, -0.05) is 6.07 Å². The van der Waals surface area contributed by atoms with Gasteiger partial charge in [-0.2, -0.15) is 0 Å². The highest BCUT2D eigenvalue weighted by Crippen LogP contribution is 2.25. The zero-order valence-electron chi connectivity index (χ0n) is 16.2. The van der Waals surface area contributed by atoms with Gasteiger partial charge in [0.15, 0.2) is 0 Å². The molecule has 0 aliphatic carbocycles. The number of hydrogen-bond donors (Lipinski definition) is 1. The van der Waals surface area contributed by atoms with E-state index >= 15 is 0 Å². The van der Waals surface area contributed by atoms with E-state index in [1.807, 2.05) is 17.6 Å². The van der Waals surface area contributed by atoms with E-state index in [1.165, 1.54) is 24.9 Å². The van der Waals surface area contributed by atoms with Crippen LogP contribution in [0.15, 0.2) is 29.1 Å². The molecule has 1 aromatic carbocycles. The minimum atomic E-state index is -0.439. The molecule has 6 heteroatoms. The van der Waals surface area contributed by atoms with E-state index in [-0.39, 0.29) is 12.1 Å². The highest BCUT2D eigenvalue weighted by atomic mass is 19.1. The van der Waals surface area contributed by atoms with Gasteiger partial charge >= 0.3 is 0 Å². The molecule has 1 aliphatic heterocycles. The van der Waals surface area contributed by atoms with Gasteiger partial charge in [0.25, 0.3) is 5.56 Å². The largest absolute Gasteiger partial charge is 0.380 e. The highest BCUT2D eigenvalue weighted by Gasteiger charge is 2.14. The summed E-state index contributed by atoms with van der Waals surface area (Å²) in [6.07, 6.45) is 3.72. The van der Waals surface area contributed by atoms with Crippen molar-refractivity contribution in [2.75, 3.05) is 44.4 Å². The quantitative estimate of drug-likeness (QED) is 0.684. The molecule has 2 aromatic rings. The third kappa shape index (κ3) is 4.87. The van der Waals surface area contributed by atoms with E-state index in [2.05, 4.69) is 28.4 Å². The lowest BCUT2D eigenvalue weighted by atomic mass is 10.1. The van der Waals surface area contributed by atoms with Gasteiger partial charge in [0, 0.05) is 50.6 Å². The molecule has 3 rings (SSSR count). The predicted octanol–water partition coefficient (Wildman–Crippen LogP) is 3.09. The molecular weight excluding hydrogens is 345 g/mol. The Bertz CT molecular complexity index is 800. The minimum Gasteiger partial charge on any atom is -0.380 e. The van der Waals surface area contributed by atoms with Crippen molar-refractivity contribution in [3.8, 4) is 0 Å². The first kappa shape index (κ1) is 19.8. The summed E-state index contributed by atoms with van der Waals surface area (Å²) in [5.74, 6) is 0. The Morgan fingerprint density at radius 2 is 2.00 bits per heavy atom. The Morgan fingerprint density at radius 1 is 1.19 bits per heavy atom. The Balaban J connectivity index is 1.98. The maximum atomic E-state index is 13.0. The van der Waals surface area contributed by atoms with Crippen LogP contribution in [0.3, 0.4) is 0 Å². The molecule has 1 aromatic heterocycles. The second-order valence-electron chi connectivity index (χ2n) is 6.98. The van der Waals surface area contributed by atoms with Gasteiger partial charge in [-0.25, -0.2) is 4.39 Å². The molecule has 2 heterocycles. The van der Waals surface area contributed by atoms with Crippen molar-refractivity contribution in [3.05, 3.63) is 40.2 Å². The standard InChI is InChI=1S/C21H30FN3O2/c1-2-27-13-12-25-20-15-19(24-10-4-3-5-11-24)7-6-17(20)14-18(21(25)26)16-23-9-8-22/h6-7,14-15,23H,2-5,8-13,16H2,1H3. The van der Waals surface area contributed by atoms with E-state index < -0.39 is 6.67 Å². The third-order valence-corrected chi connectivity index (χ3v) is 5.13. The number of ether oxygens (including phenoxy) is 1. The number of nitrogens with one attached hydrogen (secondary N) is 1. The van der Waals surface area contributed by atoms with Gasteiger partial charge in [0.1, 0.15) is 6.67 Å². The molecule has 1 fully saturated rings. The number of nitrogens with zero attached hydrogens (tertiary/aromatic N) is 2. The smallest absolute Gasteiger partial charge is 0.255 e. The molecule has 1 aliphatic rings. The number of aromatic nitrogens is 1. The molecule has 0 saturated carbocycles. The van der Waals surface area contributed by atoms with Crippen molar-refractivity contribution in [3.63, 3.8) is 0 Å². The molecule has 0 amide bonds. The lowest BCUT2D eigenvalue weighted by Gasteiger charge is -2.29. The number of halogens is 1. The first-order valence-corrected chi connectivity index (χ1v) is 10.0. The molecule has 0 radical (unpaired) electrons. The fraction of sp³-hybridized carbons (Fsp3) is 0.571. The van der Waals surface area contributed by atoms with E-state index in [0.717, 1.165) is 24.0 Å². The summed E-state index contributed by atoms with van der Waals surface area (Å²) in [7, 11) is 0. The molecule has 0 bridgehead atoms. The molecule has 5 nitrogen and oxygen atoms in total. The maximum absolute atomic E-state index is 13.0. The molecule has 148 valence electrons. The SMILES string of the molecule is CCOCCn1c(=O)c(CNCCF)cc2ccc(N3CCCCC3)cc21. The van der Waals surface area contributed by atoms with Crippen LogP contribution in [-0.4, -0.2) is 44.1 Å². The van der Waals surface area contributed by atoms with Crippen molar-refractivity contribution in [1.82, 2.24) is 9.88 Å². The lowest BCUT2D eigenvalue weighted by Crippen LogP contribution is -2.31. The predicted molar refractivity (Wildman–Crippen MR) is 108 cm³/mol. The molecule has 1 saturated heterocycles. The first-order chi connectivity index (χ1) is 13.2. The number of fused-ring (bicyclic) bond motifs is 1. The fourth-order valence-electron chi connectivity index (χ4n) is 3.71. The van der Waals surface area contributed by atoms with Crippen molar-refractivity contribution in [2.24, 2.45) is 0 Å². The van der Waals surface area contributed by atoms with Crippen molar-refractivity contribution < 1.29 is 9.13 Å².